The molecule has 90 valence electrons. The van der Waals surface area contributed by atoms with Crippen LogP contribution in [0.15, 0.2) is 0 Å². The van der Waals surface area contributed by atoms with E-state index in [0.717, 1.165) is 39.0 Å². The SMILES string of the molecule is O=C(CC1CNC1)C1CCOC2(CCC2)C1. The predicted molar refractivity (Wildman–Crippen MR) is 61.2 cm³/mol. The Morgan fingerprint density at radius 3 is 2.75 bits per heavy atom. The fraction of sp³-hybridized carbons (Fsp3) is 0.923. The number of ether oxygens (including phenoxy) is 1. The number of hydrogen-bond acceptors (Lipinski definition) is 3. The normalized spacial score (nSPS) is 33.1. The number of ketones is 1. The van der Waals surface area contributed by atoms with Gasteiger partial charge in [0.15, 0.2) is 0 Å². The van der Waals surface area contributed by atoms with E-state index in [2.05, 4.69) is 5.32 Å². The van der Waals surface area contributed by atoms with Crippen LogP contribution in [0.4, 0.5) is 0 Å². The molecule has 3 fully saturated rings. The topological polar surface area (TPSA) is 38.3 Å². The first kappa shape index (κ1) is 10.7. The first-order chi connectivity index (χ1) is 7.77. The van der Waals surface area contributed by atoms with Crippen LogP contribution in [0.1, 0.15) is 38.5 Å². The minimum absolute atomic E-state index is 0.121. The average molecular weight is 223 g/mol. The highest BCUT2D eigenvalue weighted by Gasteiger charge is 2.44. The molecule has 16 heavy (non-hydrogen) atoms. The van der Waals surface area contributed by atoms with E-state index in [-0.39, 0.29) is 5.60 Å². The van der Waals surface area contributed by atoms with Crippen LogP contribution < -0.4 is 5.32 Å². The molecule has 1 spiro atoms. The molecule has 3 heteroatoms. The van der Waals surface area contributed by atoms with E-state index in [1.807, 2.05) is 0 Å². The minimum Gasteiger partial charge on any atom is -0.375 e. The van der Waals surface area contributed by atoms with Crippen molar-refractivity contribution in [2.24, 2.45) is 11.8 Å². The molecule has 0 aromatic carbocycles. The summed E-state index contributed by atoms with van der Waals surface area (Å²) in [6.07, 6.45) is 6.41. The lowest BCUT2D eigenvalue weighted by atomic mass is 9.70. The molecule has 2 saturated heterocycles. The zero-order valence-corrected chi connectivity index (χ0v) is 9.84. The van der Waals surface area contributed by atoms with E-state index in [1.165, 1.54) is 19.3 Å². The second-order valence-electron chi connectivity index (χ2n) is 5.77. The molecule has 2 aliphatic heterocycles. The largest absolute Gasteiger partial charge is 0.375 e. The van der Waals surface area contributed by atoms with Gasteiger partial charge in [-0.05, 0) is 51.1 Å². The van der Waals surface area contributed by atoms with Crippen molar-refractivity contribution in [1.82, 2.24) is 5.32 Å². The van der Waals surface area contributed by atoms with Crippen LogP contribution in [0.5, 0.6) is 0 Å². The fourth-order valence-corrected chi connectivity index (χ4v) is 3.17. The Hall–Kier alpha value is -0.410. The molecular formula is C13H21NO2. The summed E-state index contributed by atoms with van der Waals surface area (Å²) in [7, 11) is 0. The van der Waals surface area contributed by atoms with Crippen molar-refractivity contribution < 1.29 is 9.53 Å². The zero-order chi connectivity index (χ0) is 11.0. The first-order valence-corrected chi connectivity index (χ1v) is 6.65. The molecule has 0 amide bonds. The van der Waals surface area contributed by atoms with E-state index in [1.54, 1.807) is 0 Å². The third-order valence-corrected chi connectivity index (χ3v) is 4.57. The molecule has 1 atom stereocenters. The minimum atomic E-state index is 0.121. The van der Waals surface area contributed by atoms with E-state index < -0.39 is 0 Å². The molecule has 0 radical (unpaired) electrons. The lowest BCUT2D eigenvalue weighted by Crippen LogP contribution is -2.48. The van der Waals surface area contributed by atoms with Crippen LogP contribution in [0.25, 0.3) is 0 Å². The molecule has 0 bridgehead atoms. The predicted octanol–water partition coefficient (Wildman–Crippen LogP) is 1.51. The van der Waals surface area contributed by atoms with Gasteiger partial charge in [0.25, 0.3) is 0 Å². The molecule has 1 saturated carbocycles. The number of carbonyl (C=O) groups excluding carboxylic acids is 1. The van der Waals surface area contributed by atoms with Crippen LogP contribution in [0.3, 0.4) is 0 Å². The summed E-state index contributed by atoms with van der Waals surface area (Å²) in [5, 5.41) is 3.23. The van der Waals surface area contributed by atoms with Crippen LogP contribution in [0.2, 0.25) is 0 Å². The Balaban J connectivity index is 1.54. The molecule has 0 aromatic rings. The molecule has 3 rings (SSSR count). The van der Waals surface area contributed by atoms with Gasteiger partial charge in [-0.3, -0.25) is 4.79 Å². The molecule has 1 unspecified atom stereocenters. The second kappa shape index (κ2) is 4.11. The second-order valence-corrected chi connectivity index (χ2v) is 5.77. The molecule has 3 aliphatic rings. The zero-order valence-electron chi connectivity index (χ0n) is 9.84. The van der Waals surface area contributed by atoms with E-state index >= 15 is 0 Å². The summed E-state index contributed by atoms with van der Waals surface area (Å²) >= 11 is 0. The Labute approximate surface area is 96.9 Å². The summed E-state index contributed by atoms with van der Waals surface area (Å²) in [6, 6.07) is 0. The Morgan fingerprint density at radius 1 is 1.38 bits per heavy atom. The van der Waals surface area contributed by atoms with Crippen molar-refractivity contribution >= 4 is 5.78 Å². The van der Waals surface area contributed by atoms with Crippen molar-refractivity contribution in [2.75, 3.05) is 19.7 Å². The van der Waals surface area contributed by atoms with Gasteiger partial charge in [0.05, 0.1) is 5.60 Å². The van der Waals surface area contributed by atoms with Crippen LogP contribution in [-0.4, -0.2) is 31.1 Å². The van der Waals surface area contributed by atoms with Gasteiger partial charge in [-0.2, -0.15) is 0 Å². The first-order valence-electron chi connectivity index (χ1n) is 6.65. The number of hydrogen-bond donors (Lipinski definition) is 1. The lowest BCUT2D eigenvalue weighted by molar-refractivity contribution is -0.156. The van der Waals surface area contributed by atoms with Crippen LogP contribution >= 0.6 is 0 Å². The van der Waals surface area contributed by atoms with Gasteiger partial charge in [0, 0.05) is 18.9 Å². The summed E-state index contributed by atoms with van der Waals surface area (Å²) in [5.74, 6) is 1.42. The van der Waals surface area contributed by atoms with E-state index in [0.29, 0.717) is 17.6 Å². The molecule has 3 nitrogen and oxygen atoms in total. The highest BCUT2D eigenvalue weighted by Crippen LogP contribution is 2.44. The standard InChI is InChI=1S/C13H21NO2/c15-12(6-10-8-14-9-10)11-2-5-16-13(7-11)3-1-4-13/h10-11,14H,1-9H2. The van der Waals surface area contributed by atoms with Crippen LogP contribution in [0, 0.1) is 11.8 Å². The molecule has 2 heterocycles. The van der Waals surface area contributed by atoms with Crippen molar-refractivity contribution in [2.45, 2.75) is 44.1 Å². The molecule has 0 aromatic heterocycles. The van der Waals surface area contributed by atoms with E-state index in [9.17, 15) is 4.79 Å². The number of nitrogens with one attached hydrogen (secondary N) is 1. The highest BCUT2D eigenvalue weighted by atomic mass is 16.5. The van der Waals surface area contributed by atoms with Gasteiger partial charge >= 0.3 is 0 Å². The number of carbonyl (C=O) groups is 1. The van der Waals surface area contributed by atoms with Crippen molar-refractivity contribution in [3.63, 3.8) is 0 Å². The maximum absolute atomic E-state index is 12.1. The van der Waals surface area contributed by atoms with E-state index in [4.69, 9.17) is 4.74 Å². The summed E-state index contributed by atoms with van der Waals surface area (Å²) in [4.78, 5) is 12.1. The third-order valence-electron chi connectivity index (χ3n) is 4.57. The number of rotatable bonds is 3. The fourth-order valence-electron chi connectivity index (χ4n) is 3.17. The summed E-state index contributed by atoms with van der Waals surface area (Å²) < 4.78 is 5.86. The summed E-state index contributed by atoms with van der Waals surface area (Å²) in [6.45, 7) is 2.89. The van der Waals surface area contributed by atoms with Crippen molar-refractivity contribution in [1.29, 1.82) is 0 Å². The Bertz CT molecular complexity index is 282. The van der Waals surface area contributed by atoms with Crippen molar-refractivity contribution in [3.8, 4) is 0 Å². The van der Waals surface area contributed by atoms with Gasteiger partial charge in [-0.1, -0.05) is 0 Å². The van der Waals surface area contributed by atoms with Gasteiger partial charge in [-0.15, -0.1) is 0 Å². The average Bonchev–Trinajstić information content (AvgIpc) is 2.21. The molecular weight excluding hydrogens is 202 g/mol. The lowest BCUT2D eigenvalue weighted by Gasteiger charge is -2.47. The Kier molecular flexibility index (Phi) is 2.76. The maximum Gasteiger partial charge on any atom is 0.136 e. The van der Waals surface area contributed by atoms with Gasteiger partial charge in [0.2, 0.25) is 0 Å². The van der Waals surface area contributed by atoms with Gasteiger partial charge in [0.1, 0.15) is 5.78 Å². The maximum atomic E-state index is 12.1. The summed E-state index contributed by atoms with van der Waals surface area (Å²) in [5.41, 5.74) is 0.121. The highest BCUT2D eigenvalue weighted by molar-refractivity contribution is 5.81. The van der Waals surface area contributed by atoms with Gasteiger partial charge < -0.3 is 10.1 Å². The smallest absolute Gasteiger partial charge is 0.136 e. The van der Waals surface area contributed by atoms with Crippen LogP contribution in [-0.2, 0) is 9.53 Å². The molecule has 1 aliphatic carbocycles. The number of Topliss-reactive ketones (excluding diaryl/α,β-unsaturated/α-hetero) is 1. The molecule has 1 N–H and O–H groups in total. The monoisotopic (exact) mass is 223 g/mol. The third kappa shape index (κ3) is 1.91. The Morgan fingerprint density at radius 2 is 2.19 bits per heavy atom. The quantitative estimate of drug-likeness (QED) is 0.788. The van der Waals surface area contributed by atoms with Gasteiger partial charge in [-0.25, -0.2) is 0 Å². The van der Waals surface area contributed by atoms with Crippen molar-refractivity contribution in [3.05, 3.63) is 0 Å².